The highest BCUT2D eigenvalue weighted by atomic mass is 31.2. The second-order valence-electron chi connectivity index (χ2n) is 10.4. The van der Waals surface area contributed by atoms with Gasteiger partial charge in [-0.25, -0.2) is 0 Å². The number of hydrogen-bond donors (Lipinski definition) is 1. The minimum Gasteiger partial charge on any atom is -0.393 e. The van der Waals surface area contributed by atoms with Gasteiger partial charge in [-0.15, -0.1) is 0 Å². The highest BCUT2D eigenvalue weighted by Crippen LogP contribution is 2.68. The first-order valence-corrected chi connectivity index (χ1v) is 13.2. The topological polar surface area (TPSA) is 37.3 Å². The molecule has 4 atom stereocenters. The monoisotopic (exact) mass is 366 g/mol. The van der Waals surface area contributed by atoms with Crippen molar-refractivity contribution in [2.75, 3.05) is 6.16 Å². The van der Waals surface area contributed by atoms with Crippen LogP contribution >= 0.6 is 7.14 Å². The summed E-state index contributed by atoms with van der Waals surface area (Å²) in [5, 5.41) is 10.8. The summed E-state index contributed by atoms with van der Waals surface area (Å²) in [5.41, 5.74) is 1.34. The maximum absolute atomic E-state index is 14.6. The van der Waals surface area contributed by atoms with E-state index in [1.54, 1.807) is 0 Å². The van der Waals surface area contributed by atoms with Crippen molar-refractivity contribution in [3.8, 4) is 0 Å². The van der Waals surface area contributed by atoms with Gasteiger partial charge in [0.05, 0.1) is 13.2 Å². The predicted octanol–water partition coefficient (Wildman–Crippen LogP) is 6.06. The normalized spacial score (nSPS) is 39.8. The molecule has 0 unspecified atom stereocenters. The van der Waals surface area contributed by atoms with E-state index >= 15 is 0 Å². The van der Waals surface area contributed by atoms with Crippen molar-refractivity contribution in [3.63, 3.8) is 0 Å². The van der Waals surface area contributed by atoms with E-state index in [-0.39, 0.29) is 6.10 Å². The van der Waals surface area contributed by atoms with Crippen molar-refractivity contribution >= 4 is 7.14 Å². The minimum absolute atomic E-state index is 0.183. The Morgan fingerprint density at radius 3 is 1.88 bits per heavy atom. The maximum Gasteiger partial charge on any atom is 0.0939 e. The molecule has 0 heterocycles. The van der Waals surface area contributed by atoms with Crippen LogP contribution in [0.3, 0.4) is 0 Å². The largest absolute Gasteiger partial charge is 0.393 e. The molecule has 0 aromatic rings. The molecule has 0 spiro atoms. The summed E-state index contributed by atoms with van der Waals surface area (Å²) in [6.07, 6.45) is 15.6. The summed E-state index contributed by atoms with van der Waals surface area (Å²) in [7, 11) is -2.21. The molecule has 5 saturated carbocycles. The Morgan fingerprint density at radius 1 is 0.880 bits per heavy atom. The predicted molar refractivity (Wildman–Crippen MR) is 106 cm³/mol. The first-order chi connectivity index (χ1) is 11.9. The number of rotatable bonds is 4. The molecule has 0 aromatic heterocycles. The van der Waals surface area contributed by atoms with Gasteiger partial charge in [0.1, 0.15) is 0 Å². The SMILES string of the molecule is CC1(C)[C@H]2C[C@H](O)[C@@H](CP(=O)(C3CCCCC3)C3CCCCC3)[C@@H]1C2. The van der Waals surface area contributed by atoms with E-state index in [9.17, 15) is 9.67 Å². The Hall–Kier alpha value is 0.190. The minimum atomic E-state index is -2.21. The summed E-state index contributed by atoms with van der Waals surface area (Å²) in [6.45, 7) is 4.80. The molecule has 1 N–H and O–H groups in total. The van der Waals surface area contributed by atoms with Crippen molar-refractivity contribution in [2.24, 2.45) is 23.2 Å². The second-order valence-corrected chi connectivity index (χ2v) is 14.0. The Labute approximate surface area is 154 Å². The molecule has 25 heavy (non-hydrogen) atoms. The Balaban J connectivity index is 1.58. The van der Waals surface area contributed by atoms with E-state index in [2.05, 4.69) is 13.8 Å². The zero-order chi connectivity index (χ0) is 17.7. The lowest BCUT2D eigenvalue weighted by Crippen LogP contribution is -2.58. The van der Waals surface area contributed by atoms with Crippen molar-refractivity contribution in [1.29, 1.82) is 0 Å². The maximum atomic E-state index is 14.6. The third-order valence-electron chi connectivity index (χ3n) is 8.97. The number of hydrogen-bond acceptors (Lipinski definition) is 2. The summed E-state index contributed by atoms with van der Waals surface area (Å²) in [5.74, 6) is 1.63. The molecule has 0 aromatic carbocycles. The molecular formula is C22H39O2P. The Kier molecular flexibility index (Phi) is 5.17. The molecule has 0 amide bonds. The van der Waals surface area contributed by atoms with Gasteiger partial charge >= 0.3 is 0 Å². The van der Waals surface area contributed by atoms with Crippen LogP contribution in [-0.2, 0) is 4.57 Å². The van der Waals surface area contributed by atoms with E-state index in [0.29, 0.717) is 34.5 Å². The molecular weight excluding hydrogens is 327 g/mol. The lowest BCUT2D eigenvalue weighted by molar-refractivity contribution is -0.153. The lowest BCUT2D eigenvalue weighted by atomic mass is 9.45. The van der Waals surface area contributed by atoms with Crippen LogP contribution in [0.2, 0.25) is 0 Å². The number of aliphatic hydroxyl groups is 1. The third kappa shape index (κ3) is 3.18. The average molecular weight is 367 g/mol. The van der Waals surface area contributed by atoms with Crippen molar-refractivity contribution < 1.29 is 9.67 Å². The molecule has 2 bridgehead atoms. The molecule has 0 aliphatic heterocycles. The van der Waals surface area contributed by atoms with Gasteiger partial charge in [-0.3, -0.25) is 0 Å². The Morgan fingerprint density at radius 2 is 1.40 bits per heavy atom. The van der Waals surface area contributed by atoms with Crippen molar-refractivity contribution in [1.82, 2.24) is 0 Å². The van der Waals surface area contributed by atoms with Gasteiger partial charge in [-0.05, 0) is 61.7 Å². The van der Waals surface area contributed by atoms with E-state index in [4.69, 9.17) is 0 Å². The summed E-state index contributed by atoms with van der Waals surface area (Å²) < 4.78 is 14.6. The smallest absolute Gasteiger partial charge is 0.0939 e. The van der Waals surface area contributed by atoms with Crippen LogP contribution in [-0.4, -0.2) is 28.7 Å². The van der Waals surface area contributed by atoms with Crippen LogP contribution in [0.4, 0.5) is 0 Å². The van der Waals surface area contributed by atoms with Gasteiger partial charge in [0.2, 0.25) is 0 Å². The van der Waals surface area contributed by atoms with Crippen molar-refractivity contribution in [2.45, 2.75) is 108 Å². The van der Waals surface area contributed by atoms with Crippen LogP contribution in [0.1, 0.15) is 90.9 Å². The van der Waals surface area contributed by atoms with Crippen LogP contribution < -0.4 is 0 Å². The van der Waals surface area contributed by atoms with Crippen LogP contribution in [0, 0.1) is 23.2 Å². The zero-order valence-electron chi connectivity index (χ0n) is 16.5. The fraction of sp³-hybridized carbons (Fsp3) is 1.00. The van der Waals surface area contributed by atoms with Crippen molar-refractivity contribution in [3.05, 3.63) is 0 Å². The molecule has 5 aliphatic carbocycles. The first kappa shape index (κ1) is 18.5. The Bertz CT molecular complexity index is 494. The third-order valence-corrected chi connectivity index (χ3v) is 13.5. The fourth-order valence-electron chi connectivity index (χ4n) is 7.13. The molecule has 0 radical (unpaired) electrons. The number of aliphatic hydroxyl groups excluding tert-OH is 1. The second kappa shape index (κ2) is 6.97. The summed E-state index contributed by atoms with van der Waals surface area (Å²) in [4.78, 5) is 0. The molecule has 5 aliphatic rings. The van der Waals surface area contributed by atoms with Gasteiger partial charge in [0.25, 0.3) is 0 Å². The molecule has 3 heteroatoms. The first-order valence-electron chi connectivity index (χ1n) is 11.2. The van der Waals surface area contributed by atoms with Gasteiger partial charge in [0, 0.05) is 17.5 Å². The van der Waals surface area contributed by atoms with Gasteiger partial charge in [-0.2, -0.15) is 0 Å². The number of fused-ring (bicyclic) bond motifs is 2. The zero-order valence-corrected chi connectivity index (χ0v) is 17.4. The average Bonchev–Trinajstić information content (AvgIpc) is 2.64. The van der Waals surface area contributed by atoms with E-state index in [1.165, 1.54) is 70.6 Å². The van der Waals surface area contributed by atoms with Gasteiger partial charge in [0.15, 0.2) is 0 Å². The van der Waals surface area contributed by atoms with E-state index in [0.717, 1.165) is 12.6 Å². The summed E-state index contributed by atoms with van der Waals surface area (Å²) in [6, 6.07) is 0. The van der Waals surface area contributed by atoms with Crippen LogP contribution in [0.25, 0.3) is 0 Å². The molecule has 2 nitrogen and oxygen atoms in total. The summed E-state index contributed by atoms with van der Waals surface area (Å²) >= 11 is 0. The van der Waals surface area contributed by atoms with Crippen LogP contribution in [0.5, 0.6) is 0 Å². The highest BCUT2D eigenvalue weighted by Gasteiger charge is 2.59. The van der Waals surface area contributed by atoms with E-state index < -0.39 is 7.14 Å². The molecule has 144 valence electrons. The lowest BCUT2D eigenvalue weighted by Gasteiger charge is -2.62. The molecule has 0 saturated heterocycles. The van der Waals surface area contributed by atoms with Gasteiger partial charge < -0.3 is 9.67 Å². The van der Waals surface area contributed by atoms with Gasteiger partial charge in [-0.1, -0.05) is 52.4 Å². The quantitative estimate of drug-likeness (QED) is 0.614. The molecule has 5 rings (SSSR count). The van der Waals surface area contributed by atoms with E-state index in [1.807, 2.05) is 0 Å². The standard InChI is InChI=1S/C22H39O2P/c1-22(2)16-13-20(22)19(21(23)14-16)15-25(24,17-9-5-3-6-10-17)18-11-7-4-8-12-18/h16-21,23H,3-15H2,1-2H3/t16-,19+,20+,21+/m1/s1. The van der Waals surface area contributed by atoms with Crippen LogP contribution in [0.15, 0.2) is 0 Å². The highest BCUT2D eigenvalue weighted by molar-refractivity contribution is 7.65. The molecule has 5 fully saturated rings. The fourth-order valence-corrected chi connectivity index (χ4v) is 12.0.